The van der Waals surface area contributed by atoms with Gasteiger partial charge in [0.05, 0.1) is 5.56 Å². The number of nitrogens with zero attached hydrogens (tertiary/aromatic N) is 1. The molecule has 0 aliphatic carbocycles. The molecule has 4 rings (SSSR count). The lowest BCUT2D eigenvalue weighted by Gasteiger charge is -2.35. The van der Waals surface area contributed by atoms with Gasteiger partial charge in [0.25, 0.3) is 5.91 Å². The van der Waals surface area contributed by atoms with Gasteiger partial charge in [0, 0.05) is 42.3 Å². The van der Waals surface area contributed by atoms with Crippen LogP contribution in [-0.4, -0.2) is 31.1 Å². The van der Waals surface area contributed by atoms with Crippen molar-refractivity contribution in [1.29, 1.82) is 0 Å². The van der Waals surface area contributed by atoms with Gasteiger partial charge in [-0.25, -0.2) is 13.6 Å². The van der Waals surface area contributed by atoms with Crippen LogP contribution in [0.25, 0.3) is 0 Å². The molecule has 1 fully saturated rings. The third kappa shape index (κ3) is 7.06. The Balaban J connectivity index is 1.46. The third-order valence-corrected chi connectivity index (χ3v) is 6.42. The molecule has 1 heterocycles. The monoisotopic (exact) mass is 506 g/mol. The second kappa shape index (κ2) is 11.9. The van der Waals surface area contributed by atoms with Gasteiger partial charge in [0.1, 0.15) is 0 Å². The van der Waals surface area contributed by atoms with Gasteiger partial charge < -0.3 is 20.9 Å². The van der Waals surface area contributed by atoms with Crippen molar-refractivity contribution in [2.45, 2.75) is 39.2 Å². The van der Waals surface area contributed by atoms with Gasteiger partial charge in [-0.05, 0) is 74.9 Å². The van der Waals surface area contributed by atoms with Gasteiger partial charge >= 0.3 is 6.03 Å². The number of amides is 3. The van der Waals surface area contributed by atoms with E-state index in [0.29, 0.717) is 17.2 Å². The average molecular weight is 507 g/mol. The summed E-state index contributed by atoms with van der Waals surface area (Å²) in [5.74, 6) is -1.68. The van der Waals surface area contributed by atoms with Gasteiger partial charge in [-0.1, -0.05) is 30.3 Å². The number of piperidine rings is 1. The van der Waals surface area contributed by atoms with Crippen molar-refractivity contribution in [2.24, 2.45) is 5.92 Å². The van der Waals surface area contributed by atoms with E-state index >= 15 is 0 Å². The summed E-state index contributed by atoms with van der Waals surface area (Å²) in [5, 5.41) is 8.09. The van der Waals surface area contributed by atoms with Gasteiger partial charge in [0.15, 0.2) is 11.6 Å². The van der Waals surface area contributed by atoms with E-state index in [1.54, 1.807) is 12.1 Å². The maximum atomic E-state index is 13.5. The number of hydrogen-bond acceptors (Lipinski definition) is 3. The first-order valence-electron chi connectivity index (χ1n) is 12.6. The summed E-state index contributed by atoms with van der Waals surface area (Å²) in [6, 6.07) is 18.2. The topological polar surface area (TPSA) is 73.5 Å². The molecule has 1 aliphatic heterocycles. The number of nitrogens with one attached hydrogen (secondary N) is 3. The second-order valence-corrected chi connectivity index (χ2v) is 9.69. The highest BCUT2D eigenvalue weighted by atomic mass is 19.2. The largest absolute Gasteiger partial charge is 0.371 e. The van der Waals surface area contributed by atoms with Crippen LogP contribution in [0.15, 0.2) is 66.7 Å². The van der Waals surface area contributed by atoms with Crippen LogP contribution < -0.4 is 20.9 Å². The Kier molecular flexibility index (Phi) is 8.38. The third-order valence-electron chi connectivity index (χ3n) is 6.42. The highest BCUT2D eigenvalue weighted by molar-refractivity contribution is 6.04. The Morgan fingerprint density at radius 3 is 2.19 bits per heavy atom. The number of anilines is 3. The lowest BCUT2D eigenvalue weighted by Crippen LogP contribution is -2.37. The van der Waals surface area contributed by atoms with Crippen molar-refractivity contribution in [3.05, 3.63) is 89.5 Å². The maximum absolute atomic E-state index is 13.5. The lowest BCUT2D eigenvalue weighted by atomic mass is 9.89. The van der Waals surface area contributed by atoms with E-state index in [0.717, 1.165) is 50.2 Å². The molecule has 0 saturated carbocycles. The van der Waals surface area contributed by atoms with Crippen LogP contribution in [0.1, 0.15) is 42.6 Å². The number of carbonyl (C=O) groups excluding carboxylic acids is 2. The van der Waals surface area contributed by atoms with Crippen LogP contribution >= 0.6 is 0 Å². The molecule has 0 atom stereocenters. The summed E-state index contributed by atoms with van der Waals surface area (Å²) in [6.07, 6.45) is 3.10. The number of hydrogen-bond donors (Lipinski definition) is 3. The molecule has 1 saturated heterocycles. The van der Waals surface area contributed by atoms with Gasteiger partial charge in [-0.15, -0.1) is 0 Å². The molecule has 194 valence electrons. The molecule has 3 amide bonds. The SMILES string of the molecule is CC(C)NC(=O)c1cc(NC(=O)Nc2ccc(F)c(F)c2)ccc1N1CCC(Cc2ccccc2)CC1. The first-order chi connectivity index (χ1) is 17.8. The first kappa shape index (κ1) is 26.1. The van der Waals surface area contributed by atoms with E-state index in [1.165, 1.54) is 11.6 Å². The molecule has 3 N–H and O–H groups in total. The van der Waals surface area contributed by atoms with E-state index in [4.69, 9.17) is 0 Å². The molecule has 37 heavy (non-hydrogen) atoms. The predicted octanol–water partition coefficient (Wildman–Crippen LogP) is 6.21. The zero-order valence-electron chi connectivity index (χ0n) is 21.1. The standard InChI is InChI=1S/C29H32F2N4O2/c1-19(2)32-28(36)24-17-22(33-29(37)34-23-8-10-25(30)26(31)18-23)9-11-27(24)35-14-12-21(13-15-35)16-20-6-4-3-5-7-20/h3-11,17-19,21H,12-16H2,1-2H3,(H,32,36)(H2,33,34,37). The van der Waals surface area contributed by atoms with Crippen molar-refractivity contribution >= 4 is 29.0 Å². The fraction of sp³-hybridized carbons (Fsp3) is 0.310. The summed E-state index contributed by atoms with van der Waals surface area (Å²) in [5.41, 5.74) is 3.17. The summed E-state index contributed by atoms with van der Waals surface area (Å²) in [6.45, 7) is 5.46. The van der Waals surface area contributed by atoms with Crippen LogP contribution in [0, 0.1) is 17.6 Å². The summed E-state index contributed by atoms with van der Waals surface area (Å²) < 4.78 is 26.6. The molecule has 3 aromatic carbocycles. The fourth-order valence-electron chi connectivity index (χ4n) is 4.60. The lowest BCUT2D eigenvalue weighted by molar-refractivity contribution is 0.0943. The van der Waals surface area contributed by atoms with E-state index in [-0.39, 0.29) is 17.6 Å². The van der Waals surface area contributed by atoms with Crippen LogP contribution in [0.2, 0.25) is 0 Å². The van der Waals surface area contributed by atoms with Crippen LogP contribution in [-0.2, 0) is 6.42 Å². The Hall–Kier alpha value is -3.94. The van der Waals surface area contributed by atoms with Gasteiger partial charge in [-0.3, -0.25) is 4.79 Å². The molecule has 0 radical (unpaired) electrons. The number of benzene rings is 3. The fourth-order valence-corrected chi connectivity index (χ4v) is 4.60. The molecule has 0 bridgehead atoms. The van der Waals surface area contributed by atoms with Gasteiger partial charge in [0.2, 0.25) is 0 Å². The quantitative estimate of drug-likeness (QED) is 0.357. The van der Waals surface area contributed by atoms with E-state index in [2.05, 4.69) is 45.1 Å². The number of halogens is 2. The van der Waals surface area contributed by atoms with Crippen molar-refractivity contribution in [2.75, 3.05) is 28.6 Å². The minimum absolute atomic E-state index is 0.0507. The van der Waals surface area contributed by atoms with Crippen molar-refractivity contribution in [1.82, 2.24) is 5.32 Å². The Labute approximate surface area is 216 Å². The Bertz CT molecular complexity index is 1240. The minimum atomic E-state index is -1.05. The summed E-state index contributed by atoms with van der Waals surface area (Å²) in [4.78, 5) is 27.8. The molecule has 0 aromatic heterocycles. The molecule has 3 aromatic rings. The van der Waals surface area contributed by atoms with Crippen molar-refractivity contribution < 1.29 is 18.4 Å². The average Bonchev–Trinajstić information content (AvgIpc) is 2.87. The van der Waals surface area contributed by atoms with E-state index in [1.807, 2.05) is 26.0 Å². The Morgan fingerprint density at radius 2 is 1.54 bits per heavy atom. The zero-order chi connectivity index (χ0) is 26.4. The van der Waals surface area contributed by atoms with E-state index in [9.17, 15) is 18.4 Å². The predicted molar refractivity (Wildman–Crippen MR) is 143 cm³/mol. The van der Waals surface area contributed by atoms with E-state index < -0.39 is 17.7 Å². The molecule has 8 heteroatoms. The summed E-state index contributed by atoms with van der Waals surface area (Å²) in [7, 11) is 0. The molecular weight excluding hydrogens is 474 g/mol. The first-order valence-corrected chi connectivity index (χ1v) is 12.6. The maximum Gasteiger partial charge on any atom is 0.323 e. The van der Waals surface area contributed by atoms with Crippen LogP contribution in [0.5, 0.6) is 0 Å². The van der Waals surface area contributed by atoms with Crippen LogP contribution in [0.4, 0.5) is 30.6 Å². The van der Waals surface area contributed by atoms with Crippen molar-refractivity contribution in [3.63, 3.8) is 0 Å². The Morgan fingerprint density at radius 1 is 0.892 bits per heavy atom. The molecule has 1 aliphatic rings. The minimum Gasteiger partial charge on any atom is -0.371 e. The number of carbonyl (C=O) groups is 2. The normalized spacial score (nSPS) is 13.9. The zero-order valence-corrected chi connectivity index (χ0v) is 21.1. The highest BCUT2D eigenvalue weighted by Gasteiger charge is 2.24. The van der Waals surface area contributed by atoms with Crippen LogP contribution in [0.3, 0.4) is 0 Å². The molecular formula is C29H32F2N4O2. The number of urea groups is 1. The molecule has 0 unspecified atom stereocenters. The summed E-state index contributed by atoms with van der Waals surface area (Å²) >= 11 is 0. The number of rotatable bonds is 7. The molecule has 6 nitrogen and oxygen atoms in total. The van der Waals surface area contributed by atoms with Gasteiger partial charge in [-0.2, -0.15) is 0 Å². The molecule has 0 spiro atoms. The second-order valence-electron chi connectivity index (χ2n) is 9.69. The smallest absolute Gasteiger partial charge is 0.323 e. The highest BCUT2D eigenvalue weighted by Crippen LogP contribution is 2.30. The van der Waals surface area contributed by atoms with Crippen molar-refractivity contribution in [3.8, 4) is 0 Å².